The monoisotopic (exact) mass is 820 g/mol. The number of esters is 2. The SMILES string of the molecule is CNCCC1(NC(CSC(C)(C)C)C(=O)OC)CCCCC1.COC(=O)C(CSC(C)(C)C)NC1(CCNC(=O)C(C)CSCNC(C)=O)CCCCC1. The summed E-state index contributed by atoms with van der Waals surface area (Å²) in [5, 5.41) is 16.4. The molecular formula is C40H77N5O6S3. The summed E-state index contributed by atoms with van der Waals surface area (Å²) in [5.41, 5.74) is -0.0786. The molecule has 3 unspecified atom stereocenters. The smallest absolute Gasteiger partial charge is 0.323 e. The van der Waals surface area contributed by atoms with Gasteiger partial charge in [0.1, 0.15) is 12.1 Å². The molecule has 54 heavy (non-hydrogen) atoms. The van der Waals surface area contributed by atoms with Crippen molar-refractivity contribution in [2.75, 3.05) is 57.5 Å². The van der Waals surface area contributed by atoms with Crippen LogP contribution in [0.1, 0.15) is 132 Å². The standard InChI is InChI=1S/C23H43N3O4S2.C17H34N2O2S/c1-17(14-31-16-25-18(2)27)20(28)24-13-12-23(10-8-7-9-11-23)26-19(21(29)30-6)15-32-22(3,4)5;1-16(2,3)22-13-14(15(20)21-5)19-17(11-12-18-4)9-7-6-8-10-17/h17,19,26H,7-16H2,1-6H3,(H,24,28)(H,25,27);14,18-19H,6-13H2,1-5H3. The van der Waals surface area contributed by atoms with Gasteiger partial charge in [0.25, 0.3) is 0 Å². The van der Waals surface area contributed by atoms with E-state index >= 15 is 0 Å². The Labute approximate surface area is 341 Å². The van der Waals surface area contributed by atoms with Gasteiger partial charge in [-0.2, -0.15) is 23.5 Å². The predicted molar refractivity (Wildman–Crippen MR) is 230 cm³/mol. The maximum absolute atomic E-state index is 12.5. The topological polar surface area (TPSA) is 147 Å². The number of hydrogen-bond donors (Lipinski definition) is 5. The highest BCUT2D eigenvalue weighted by Gasteiger charge is 2.38. The molecule has 14 heteroatoms. The van der Waals surface area contributed by atoms with Gasteiger partial charge in [0.05, 0.1) is 20.1 Å². The van der Waals surface area contributed by atoms with E-state index in [0.717, 1.165) is 63.7 Å². The second-order valence-electron chi connectivity index (χ2n) is 17.0. The van der Waals surface area contributed by atoms with Gasteiger partial charge in [0.2, 0.25) is 11.8 Å². The lowest BCUT2D eigenvalue weighted by Crippen LogP contribution is -2.56. The van der Waals surface area contributed by atoms with Crippen LogP contribution in [0.15, 0.2) is 0 Å². The number of carbonyl (C=O) groups is 4. The first-order valence-corrected chi connectivity index (χ1v) is 23.2. The third-order valence-corrected chi connectivity index (χ3v) is 13.7. The zero-order valence-electron chi connectivity index (χ0n) is 35.6. The minimum absolute atomic E-state index is 0.0269. The van der Waals surface area contributed by atoms with Gasteiger partial charge >= 0.3 is 11.9 Å². The van der Waals surface area contributed by atoms with E-state index in [1.165, 1.54) is 46.8 Å². The van der Waals surface area contributed by atoms with Gasteiger partial charge in [-0.1, -0.05) is 87.0 Å². The highest BCUT2D eigenvalue weighted by Crippen LogP contribution is 2.34. The van der Waals surface area contributed by atoms with Crippen LogP contribution in [0.3, 0.4) is 0 Å². The van der Waals surface area contributed by atoms with Crippen LogP contribution in [0.4, 0.5) is 0 Å². The Balaban J connectivity index is 0.000000578. The Morgan fingerprint density at radius 1 is 0.667 bits per heavy atom. The Morgan fingerprint density at radius 3 is 1.46 bits per heavy atom. The third kappa shape index (κ3) is 21.9. The largest absolute Gasteiger partial charge is 0.468 e. The lowest BCUT2D eigenvalue weighted by Gasteiger charge is -2.41. The summed E-state index contributed by atoms with van der Waals surface area (Å²) in [7, 11) is 4.92. The quantitative estimate of drug-likeness (QED) is 0.0505. The van der Waals surface area contributed by atoms with Crippen LogP contribution in [0.2, 0.25) is 0 Å². The van der Waals surface area contributed by atoms with E-state index < -0.39 is 0 Å². The number of carbonyl (C=O) groups excluding carboxylic acids is 4. The average molecular weight is 820 g/mol. The van der Waals surface area contributed by atoms with Crippen LogP contribution in [0.5, 0.6) is 0 Å². The van der Waals surface area contributed by atoms with Gasteiger partial charge in [-0.25, -0.2) is 0 Å². The van der Waals surface area contributed by atoms with Crippen molar-refractivity contribution < 1.29 is 28.7 Å². The molecule has 0 aromatic rings. The summed E-state index contributed by atoms with van der Waals surface area (Å²) in [5.74, 6) is 2.07. The molecule has 0 aliphatic heterocycles. The molecule has 2 aliphatic rings. The summed E-state index contributed by atoms with van der Waals surface area (Å²) in [4.78, 5) is 48.1. The lowest BCUT2D eigenvalue weighted by molar-refractivity contribution is -0.144. The highest BCUT2D eigenvalue weighted by atomic mass is 32.2. The maximum Gasteiger partial charge on any atom is 0.323 e. The van der Waals surface area contributed by atoms with Crippen LogP contribution in [0, 0.1) is 5.92 Å². The van der Waals surface area contributed by atoms with E-state index in [1.807, 2.05) is 25.7 Å². The lowest BCUT2D eigenvalue weighted by atomic mass is 9.78. The average Bonchev–Trinajstić information content (AvgIpc) is 3.12. The molecule has 2 amide bonds. The van der Waals surface area contributed by atoms with Crippen molar-refractivity contribution >= 4 is 59.0 Å². The fourth-order valence-corrected chi connectivity index (χ4v) is 9.55. The van der Waals surface area contributed by atoms with E-state index in [4.69, 9.17) is 9.47 Å². The van der Waals surface area contributed by atoms with Crippen LogP contribution in [-0.2, 0) is 28.7 Å². The Hall–Kier alpha value is -1.19. The molecule has 2 rings (SSSR count). The molecule has 0 spiro atoms. The molecule has 0 aromatic carbocycles. The summed E-state index contributed by atoms with van der Waals surface area (Å²) < 4.78 is 10.3. The first kappa shape index (κ1) is 50.8. The van der Waals surface area contributed by atoms with Crippen LogP contribution >= 0.6 is 35.3 Å². The highest BCUT2D eigenvalue weighted by molar-refractivity contribution is 8.00. The first-order chi connectivity index (χ1) is 25.3. The van der Waals surface area contributed by atoms with E-state index in [-0.39, 0.29) is 62.3 Å². The number of amides is 2. The summed E-state index contributed by atoms with van der Waals surface area (Å²) in [6, 6.07) is -0.577. The van der Waals surface area contributed by atoms with E-state index in [1.54, 1.807) is 23.5 Å². The van der Waals surface area contributed by atoms with Gasteiger partial charge in [-0.3, -0.25) is 29.8 Å². The minimum atomic E-state index is -0.359. The number of rotatable bonds is 21. The molecule has 0 bridgehead atoms. The Morgan fingerprint density at radius 2 is 1.09 bits per heavy atom. The van der Waals surface area contributed by atoms with E-state index in [0.29, 0.717) is 23.9 Å². The predicted octanol–water partition coefficient (Wildman–Crippen LogP) is 6.28. The van der Waals surface area contributed by atoms with Gasteiger partial charge in [0.15, 0.2) is 0 Å². The van der Waals surface area contributed by atoms with Crippen molar-refractivity contribution in [3.63, 3.8) is 0 Å². The molecule has 5 N–H and O–H groups in total. The fraction of sp³-hybridized carbons (Fsp3) is 0.900. The first-order valence-electron chi connectivity index (χ1n) is 20.0. The molecule has 0 aromatic heterocycles. The van der Waals surface area contributed by atoms with Gasteiger partial charge in [-0.05, 0) is 52.1 Å². The third-order valence-electron chi connectivity index (χ3n) is 9.91. The molecule has 316 valence electrons. The van der Waals surface area contributed by atoms with Gasteiger partial charge in [-0.15, -0.1) is 11.8 Å². The van der Waals surface area contributed by atoms with Gasteiger partial charge in [0, 0.05) is 57.2 Å². The molecule has 2 fully saturated rings. The molecule has 0 radical (unpaired) electrons. The van der Waals surface area contributed by atoms with Crippen molar-refractivity contribution in [1.82, 2.24) is 26.6 Å². The second-order valence-corrected chi connectivity index (χ2v) is 21.7. The number of nitrogens with one attached hydrogen (secondary N) is 5. The van der Waals surface area contributed by atoms with Gasteiger partial charge < -0.3 is 25.4 Å². The molecule has 11 nitrogen and oxygen atoms in total. The zero-order chi connectivity index (χ0) is 40.8. The normalized spacial score (nSPS) is 18.6. The van der Waals surface area contributed by atoms with Crippen LogP contribution in [0.25, 0.3) is 0 Å². The second kappa shape index (κ2) is 25.9. The van der Waals surface area contributed by atoms with E-state index in [2.05, 4.69) is 68.1 Å². The Bertz CT molecular complexity index is 1100. The number of hydrogen-bond acceptors (Lipinski definition) is 12. The van der Waals surface area contributed by atoms with E-state index in [9.17, 15) is 19.2 Å². The van der Waals surface area contributed by atoms with Crippen LogP contribution in [-0.4, -0.2) is 114 Å². The summed E-state index contributed by atoms with van der Waals surface area (Å²) >= 11 is 5.11. The van der Waals surface area contributed by atoms with Crippen molar-refractivity contribution in [1.29, 1.82) is 0 Å². The number of ether oxygens (including phenoxy) is 2. The summed E-state index contributed by atoms with van der Waals surface area (Å²) in [6.45, 7) is 17.9. The number of methoxy groups -OCH3 is 2. The maximum atomic E-state index is 12.5. The molecule has 0 saturated heterocycles. The van der Waals surface area contributed by atoms with Crippen LogP contribution < -0.4 is 26.6 Å². The number of thioether (sulfide) groups is 3. The van der Waals surface area contributed by atoms with Crippen molar-refractivity contribution in [3.05, 3.63) is 0 Å². The van der Waals surface area contributed by atoms with Crippen molar-refractivity contribution in [2.45, 2.75) is 165 Å². The zero-order valence-corrected chi connectivity index (χ0v) is 38.1. The fourth-order valence-electron chi connectivity index (χ4n) is 6.85. The summed E-state index contributed by atoms with van der Waals surface area (Å²) in [6.07, 6.45) is 13.4. The Kier molecular flexibility index (Phi) is 24.4. The molecule has 2 aliphatic carbocycles. The van der Waals surface area contributed by atoms with Crippen molar-refractivity contribution in [2.24, 2.45) is 5.92 Å². The molecule has 2 saturated carbocycles. The van der Waals surface area contributed by atoms with Crippen molar-refractivity contribution in [3.8, 4) is 0 Å². The molecule has 0 heterocycles. The molecule has 3 atom stereocenters. The minimum Gasteiger partial charge on any atom is -0.468 e. The molecular weight excluding hydrogens is 743 g/mol.